The minimum Gasteiger partial charge on any atom is -0.368 e. The lowest BCUT2D eigenvalue weighted by molar-refractivity contribution is -0.137. The van der Waals surface area contributed by atoms with E-state index in [-0.39, 0.29) is 5.69 Å². The molecule has 33 heavy (non-hydrogen) atoms. The molecule has 2 amide bonds. The highest BCUT2D eigenvalue weighted by Crippen LogP contribution is 2.36. The predicted octanol–water partition coefficient (Wildman–Crippen LogP) is 3.12. The number of carbonyl (C=O) groups is 2. The van der Waals surface area contributed by atoms with E-state index in [4.69, 9.17) is 4.74 Å². The van der Waals surface area contributed by atoms with Crippen LogP contribution in [0.25, 0.3) is 11.0 Å². The number of rotatable bonds is 5. The number of ether oxygens (including phenoxy) is 1. The summed E-state index contributed by atoms with van der Waals surface area (Å²) >= 11 is 0. The molecule has 2 aromatic carbocycles. The first-order chi connectivity index (χ1) is 15.6. The van der Waals surface area contributed by atoms with Crippen molar-refractivity contribution in [2.75, 3.05) is 17.2 Å². The summed E-state index contributed by atoms with van der Waals surface area (Å²) in [4.78, 5) is 37.2. The van der Waals surface area contributed by atoms with Crippen molar-refractivity contribution in [3.05, 3.63) is 58.5 Å². The highest BCUT2D eigenvalue weighted by molar-refractivity contribution is 5.96. The number of para-hydroxylation sites is 2. The first-order valence-corrected chi connectivity index (χ1v) is 10.2. The van der Waals surface area contributed by atoms with E-state index in [2.05, 4.69) is 10.6 Å². The third kappa shape index (κ3) is 4.63. The standard InChI is InChI=1S/C22H21F3N4O4/c1-28-16-5-2-3-6-17(16)29(21(28)32)12-19(30)27-15-9-8-13(11-14(15)22(23,24)25)26-20(31)18-7-4-10-33-18/h2-3,5-6,8-9,11,18H,4,7,10,12H2,1H3,(H,26,31)(H,27,30). The first-order valence-electron chi connectivity index (χ1n) is 10.2. The molecule has 0 aliphatic carbocycles. The smallest absolute Gasteiger partial charge is 0.368 e. The van der Waals surface area contributed by atoms with Gasteiger partial charge in [-0.3, -0.25) is 18.7 Å². The summed E-state index contributed by atoms with van der Waals surface area (Å²) < 4.78 is 48.8. The van der Waals surface area contributed by atoms with Crippen LogP contribution in [0.3, 0.4) is 0 Å². The van der Waals surface area contributed by atoms with Crippen LogP contribution in [-0.2, 0) is 34.1 Å². The van der Waals surface area contributed by atoms with Crippen molar-refractivity contribution in [1.82, 2.24) is 9.13 Å². The van der Waals surface area contributed by atoms with Crippen LogP contribution in [0.1, 0.15) is 18.4 Å². The zero-order valence-electron chi connectivity index (χ0n) is 17.6. The van der Waals surface area contributed by atoms with Crippen molar-refractivity contribution in [2.45, 2.75) is 31.7 Å². The minimum absolute atomic E-state index is 0.0638. The fraction of sp³-hybridized carbons (Fsp3) is 0.318. The fourth-order valence-electron chi connectivity index (χ4n) is 3.82. The Morgan fingerprint density at radius 1 is 1.12 bits per heavy atom. The summed E-state index contributed by atoms with van der Waals surface area (Å²) in [6.45, 7) is -0.0361. The Balaban J connectivity index is 1.56. The fourth-order valence-corrected chi connectivity index (χ4v) is 3.82. The van der Waals surface area contributed by atoms with Gasteiger partial charge in [-0.2, -0.15) is 13.2 Å². The van der Waals surface area contributed by atoms with E-state index in [1.165, 1.54) is 15.2 Å². The Kier molecular flexibility index (Phi) is 5.98. The molecule has 8 nitrogen and oxygen atoms in total. The Morgan fingerprint density at radius 2 is 1.85 bits per heavy atom. The van der Waals surface area contributed by atoms with Crippen LogP contribution in [-0.4, -0.2) is 33.7 Å². The Labute approximate surface area is 185 Å². The Hall–Kier alpha value is -3.60. The van der Waals surface area contributed by atoms with Crippen molar-refractivity contribution in [2.24, 2.45) is 7.05 Å². The van der Waals surface area contributed by atoms with Crippen molar-refractivity contribution < 1.29 is 27.5 Å². The monoisotopic (exact) mass is 462 g/mol. The Bertz CT molecular complexity index is 1270. The molecule has 3 aromatic rings. The normalized spacial score (nSPS) is 16.2. The molecular weight excluding hydrogens is 441 g/mol. The van der Waals surface area contributed by atoms with Crippen molar-refractivity contribution in [3.63, 3.8) is 0 Å². The van der Waals surface area contributed by atoms with Gasteiger partial charge in [0.15, 0.2) is 0 Å². The largest absolute Gasteiger partial charge is 0.418 e. The molecule has 11 heteroatoms. The lowest BCUT2D eigenvalue weighted by atomic mass is 10.1. The van der Waals surface area contributed by atoms with Crippen LogP contribution in [0.15, 0.2) is 47.3 Å². The average Bonchev–Trinajstić information content (AvgIpc) is 3.38. The number of aryl methyl sites for hydroxylation is 1. The van der Waals surface area contributed by atoms with Crippen LogP contribution < -0.4 is 16.3 Å². The third-order valence-corrected chi connectivity index (χ3v) is 5.44. The van der Waals surface area contributed by atoms with Gasteiger partial charge in [-0.15, -0.1) is 0 Å². The van der Waals surface area contributed by atoms with Gasteiger partial charge in [-0.1, -0.05) is 12.1 Å². The molecule has 1 aliphatic heterocycles. The molecule has 0 radical (unpaired) electrons. The lowest BCUT2D eigenvalue weighted by Gasteiger charge is -2.17. The molecule has 0 saturated carbocycles. The summed E-state index contributed by atoms with van der Waals surface area (Å²) in [5.41, 5.74) is -1.04. The summed E-state index contributed by atoms with van der Waals surface area (Å²) in [5, 5.41) is 4.66. The molecule has 1 atom stereocenters. The second kappa shape index (κ2) is 8.74. The molecule has 1 aliphatic rings. The van der Waals surface area contributed by atoms with Gasteiger partial charge in [0, 0.05) is 19.3 Å². The number of alkyl halides is 3. The topological polar surface area (TPSA) is 94.4 Å². The van der Waals surface area contributed by atoms with Crippen LogP contribution >= 0.6 is 0 Å². The zero-order chi connectivity index (χ0) is 23.8. The molecule has 1 aromatic heterocycles. The van der Waals surface area contributed by atoms with Gasteiger partial charge in [0.2, 0.25) is 5.91 Å². The lowest BCUT2D eigenvalue weighted by Crippen LogP contribution is -2.29. The number of amides is 2. The highest BCUT2D eigenvalue weighted by Gasteiger charge is 2.35. The molecule has 1 saturated heterocycles. The third-order valence-electron chi connectivity index (χ3n) is 5.44. The number of fused-ring (bicyclic) bond motifs is 1. The van der Waals surface area contributed by atoms with Crippen molar-refractivity contribution in [3.8, 4) is 0 Å². The number of carbonyl (C=O) groups excluding carboxylic acids is 2. The Morgan fingerprint density at radius 3 is 2.52 bits per heavy atom. The molecular formula is C22H21F3N4O4. The number of anilines is 2. The van der Waals surface area contributed by atoms with Gasteiger partial charge in [0.1, 0.15) is 12.6 Å². The quantitative estimate of drug-likeness (QED) is 0.609. The summed E-state index contributed by atoms with van der Waals surface area (Å²) in [6, 6.07) is 9.88. The van der Waals surface area contributed by atoms with Crippen LogP contribution in [0, 0.1) is 0 Å². The van der Waals surface area contributed by atoms with E-state index >= 15 is 0 Å². The van der Waals surface area contributed by atoms with E-state index in [1.807, 2.05) is 0 Å². The minimum atomic E-state index is -4.79. The van der Waals surface area contributed by atoms with Gasteiger partial charge in [-0.05, 0) is 43.2 Å². The average molecular weight is 462 g/mol. The molecule has 1 unspecified atom stereocenters. The van der Waals surface area contributed by atoms with E-state index in [9.17, 15) is 27.6 Å². The molecule has 0 bridgehead atoms. The zero-order valence-corrected chi connectivity index (χ0v) is 17.6. The van der Waals surface area contributed by atoms with E-state index in [1.54, 1.807) is 31.3 Å². The van der Waals surface area contributed by atoms with Crippen LogP contribution in [0.4, 0.5) is 24.5 Å². The van der Waals surface area contributed by atoms with E-state index in [0.717, 1.165) is 12.1 Å². The maximum absolute atomic E-state index is 13.7. The number of nitrogens with zero attached hydrogens (tertiary/aromatic N) is 2. The highest BCUT2D eigenvalue weighted by atomic mass is 19.4. The second-order valence-corrected chi connectivity index (χ2v) is 7.71. The SMILES string of the molecule is Cn1c(=O)n(CC(=O)Nc2ccc(NC(=O)C3CCCO3)cc2C(F)(F)F)c2ccccc21. The number of hydrogen-bond donors (Lipinski definition) is 2. The second-order valence-electron chi connectivity index (χ2n) is 7.71. The number of benzene rings is 2. The van der Waals surface area contributed by atoms with Gasteiger partial charge < -0.3 is 15.4 Å². The van der Waals surface area contributed by atoms with Crippen molar-refractivity contribution >= 4 is 34.2 Å². The number of hydrogen-bond acceptors (Lipinski definition) is 4. The molecule has 174 valence electrons. The molecule has 0 spiro atoms. The van der Waals surface area contributed by atoms with Crippen molar-refractivity contribution in [1.29, 1.82) is 0 Å². The number of imidazole rings is 1. The molecule has 4 rings (SSSR count). The summed E-state index contributed by atoms with van der Waals surface area (Å²) in [5.74, 6) is -1.32. The molecule has 2 heterocycles. The maximum Gasteiger partial charge on any atom is 0.418 e. The number of nitrogens with one attached hydrogen (secondary N) is 2. The van der Waals surface area contributed by atoms with Gasteiger partial charge in [0.05, 0.1) is 22.3 Å². The van der Waals surface area contributed by atoms with E-state index in [0.29, 0.717) is 30.5 Å². The van der Waals surface area contributed by atoms with Crippen LogP contribution in [0.5, 0.6) is 0 Å². The maximum atomic E-state index is 13.7. The van der Waals surface area contributed by atoms with Gasteiger partial charge >= 0.3 is 11.9 Å². The van der Waals surface area contributed by atoms with E-state index < -0.39 is 47.6 Å². The molecule has 2 N–H and O–H groups in total. The number of aromatic nitrogens is 2. The number of halogens is 3. The first kappa shape index (κ1) is 22.6. The van der Waals surface area contributed by atoms with Gasteiger partial charge in [0.25, 0.3) is 5.91 Å². The summed E-state index contributed by atoms with van der Waals surface area (Å²) in [6.07, 6.45) is -4.28. The molecule has 1 fully saturated rings. The predicted molar refractivity (Wildman–Crippen MR) is 115 cm³/mol. The summed E-state index contributed by atoms with van der Waals surface area (Å²) in [7, 11) is 1.55. The van der Waals surface area contributed by atoms with Crippen LogP contribution in [0.2, 0.25) is 0 Å². The van der Waals surface area contributed by atoms with Gasteiger partial charge in [-0.25, -0.2) is 4.79 Å².